The van der Waals surface area contributed by atoms with Gasteiger partial charge in [-0.15, -0.1) is 0 Å². The van der Waals surface area contributed by atoms with Crippen LogP contribution >= 0.6 is 0 Å². The standard InChI is InChI=1S/C6H14O3/c1-4-5-6(7,8-2)9-3/h7H,4-5H2,1-3H3. The Bertz CT molecular complexity index is 68.7. The van der Waals surface area contributed by atoms with Crippen LogP contribution in [0.2, 0.25) is 0 Å². The fraction of sp³-hybridized carbons (Fsp3) is 1.00. The van der Waals surface area contributed by atoms with Crippen molar-refractivity contribution in [3.63, 3.8) is 0 Å². The molecule has 0 saturated carbocycles. The van der Waals surface area contributed by atoms with E-state index in [2.05, 4.69) is 9.47 Å². The Morgan fingerprint density at radius 2 is 1.78 bits per heavy atom. The van der Waals surface area contributed by atoms with Crippen molar-refractivity contribution >= 4 is 0 Å². The van der Waals surface area contributed by atoms with E-state index in [1.54, 1.807) is 0 Å². The third-order valence-corrected chi connectivity index (χ3v) is 1.20. The summed E-state index contributed by atoms with van der Waals surface area (Å²) >= 11 is 0. The summed E-state index contributed by atoms with van der Waals surface area (Å²) in [5.41, 5.74) is 0. The van der Waals surface area contributed by atoms with Gasteiger partial charge >= 0.3 is 0 Å². The summed E-state index contributed by atoms with van der Waals surface area (Å²) in [6.45, 7) is 1.95. The summed E-state index contributed by atoms with van der Waals surface area (Å²) in [6.07, 6.45) is 1.33. The van der Waals surface area contributed by atoms with Gasteiger partial charge in [-0.2, -0.15) is 0 Å². The highest BCUT2D eigenvalue weighted by Crippen LogP contribution is 2.12. The molecule has 0 rings (SSSR count). The Morgan fingerprint density at radius 1 is 1.33 bits per heavy atom. The molecule has 3 nitrogen and oxygen atoms in total. The van der Waals surface area contributed by atoms with Gasteiger partial charge in [0.2, 0.25) is 0 Å². The molecule has 0 aliphatic rings. The normalized spacial score (nSPS) is 12.0. The van der Waals surface area contributed by atoms with Crippen LogP contribution in [-0.2, 0) is 9.47 Å². The first kappa shape index (κ1) is 8.88. The van der Waals surface area contributed by atoms with E-state index < -0.39 is 5.97 Å². The molecule has 0 fully saturated rings. The second-order valence-corrected chi connectivity index (χ2v) is 1.87. The van der Waals surface area contributed by atoms with Crippen molar-refractivity contribution in [3.8, 4) is 0 Å². The predicted molar refractivity (Wildman–Crippen MR) is 33.9 cm³/mol. The molecular formula is C6H14O3. The first-order chi connectivity index (χ1) is 4.18. The molecule has 3 heteroatoms. The van der Waals surface area contributed by atoms with Crippen molar-refractivity contribution in [2.24, 2.45) is 0 Å². The Morgan fingerprint density at radius 3 is 1.89 bits per heavy atom. The molecule has 0 unspecified atom stereocenters. The van der Waals surface area contributed by atoms with Crippen LogP contribution in [0.1, 0.15) is 19.8 Å². The molecule has 1 N–H and O–H groups in total. The van der Waals surface area contributed by atoms with Crippen LogP contribution in [0.5, 0.6) is 0 Å². The molecule has 0 spiro atoms. The van der Waals surface area contributed by atoms with E-state index in [0.717, 1.165) is 6.42 Å². The lowest BCUT2D eigenvalue weighted by molar-refractivity contribution is -0.342. The summed E-state index contributed by atoms with van der Waals surface area (Å²) in [7, 11) is 2.83. The predicted octanol–water partition coefficient (Wildman–Crippen LogP) is 0.725. The van der Waals surface area contributed by atoms with Crippen LogP contribution < -0.4 is 0 Å². The Labute approximate surface area is 55.6 Å². The number of rotatable bonds is 4. The Kier molecular flexibility index (Phi) is 3.77. The van der Waals surface area contributed by atoms with Crippen LogP contribution in [0, 0.1) is 0 Å². The molecule has 0 aliphatic heterocycles. The number of aliphatic hydroxyl groups is 1. The summed E-state index contributed by atoms with van der Waals surface area (Å²) in [5, 5.41) is 9.18. The van der Waals surface area contributed by atoms with E-state index in [4.69, 9.17) is 0 Å². The van der Waals surface area contributed by atoms with Crippen molar-refractivity contribution < 1.29 is 14.6 Å². The SMILES string of the molecule is CCCC(O)(OC)OC. The van der Waals surface area contributed by atoms with Gasteiger partial charge in [-0.05, 0) is 6.42 Å². The number of hydrogen-bond acceptors (Lipinski definition) is 3. The zero-order chi connectivity index (χ0) is 7.33. The van der Waals surface area contributed by atoms with Crippen molar-refractivity contribution in [2.45, 2.75) is 25.7 Å². The lowest BCUT2D eigenvalue weighted by Crippen LogP contribution is -2.32. The monoisotopic (exact) mass is 134 g/mol. The molecule has 0 saturated heterocycles. The van der Waals surface area contributed by atoms with Crippen molar-refractivity contribution in [2.75, 3.05) is 14.2 Å². The van der Waals surface area contributed by atoms with E-state index in [1.807, 2.05) is 6.92 Å². The maximum atomic E-state index is 9.18. The van der Waals surface area contributed by atoms with E-state index in [1.165, 1.54) is 14.2 Å². The van der Waals surface area contributed by atoms with Crippen LogP contribution in [-0.4, -0.2) is 25.3 Å². The topological polar surface area (TPSA) is 38.7 Å². The number of methoxy groups -OCH3 is 2. The fourth-order valence-electron chi connectivity index (χ4n) is 0.603. The van der Waals surface area contributed by atoms with E-state index in [-0.39, 0.29) is 0 Å². The second kappa shape index (κ2) is 3.82. The minimum absolute atomic E-state index is 0.500. The van der Waals surface area contributed by atoms with Crippen LogP contribution in [0.25, 0.3) is 0 Å². The molecule has 0 aromatic carbocycles. The highest BCUT2D eigenvalue weighted by Gasteiger charge is 2.23. The number of hydrogen-bond donors (Lipinski definition) is 1. The largest absolute Gasteiger partial charge is 0.343 e. The van der Waals surface area contributed by atoms with Crippen LogP contribution in [0.3, 0.4) is 0 Å². The molecule has 56 valence electrons. The highest BCUT2D eigenvalue weighted by molar-refractivity contribution is 4.49. The quantitative estimate of drug-likeness (QED) is 0.576. The molecule has 0 aromatic rings. The van der Waals surface area contributed by atoms with Crippen LogP contribution in [0.4, 0.5) is 0 Å². The number of ether oxygens (including phenoxy) is 2. The Balaban J connectivity index is 3.62. The zero-order valence-corrected chi connectivity index (χ0v) is 6.18. The molecule has 0 aromatic heterocycles. The summed E-state index contributed by atoms with van der Waals surface area (Å²) in [4.78, 5) is 0. The van der Waals surface area contributed by atoms with Crippen molar-refractivity contribution in [1.82, 2.24) is 0 Å². The molecule has 0 aliphatic carbocycles. The lowest BCUT2D eigenvalue weighted by atomic mass is 10.3. The van der Waals surface area contributed by atoms with Gasteiger partial charge in [0.15, 0.2) is 0 Å². The smallest absolute Gasteiger partial charge is 0.279 e. The average molecular weight is 134 g/mol. The molecule has 0 heterocycles. The first-order valence-electron chi connectivity index (χ1n) is 3.01. The average Bonchev–Trinajstić information content (AvgIpc) is 1.89. The van der Waals surface area contributed by atoms with Crippen molar-refractivity contribution in [3.05, 3.63) is 0 Å². The van der Waals surface area contributed by atoms with Gasteiger partial charge in [0, 0.05) is 20.6 Å². The molecule has 0 radical (unpaired) electrons. The second-order valence-electron chi connectivity index (χ2n) is 1.87. The third kappa shape index (κ3) is 2.79. The highest BCUT2D eigenvalue weighted by atomic mass is 16.8. The molecule has 0 atom stereocenters. The third-order valence-electron chi connectivity index (χ3n) is 1.20. The lowest BCUT2D eigenvalue weighted by Gasteiger charge is -2.22. The van der Waals surface area contributed by atoms with Gasteiger partial charge in [-0.3, -0.25) is 0 Å². The molecule has 9 heavy (non-hydrogen) atoms. The summed E-state index contributed by atoms with van der Waals surface area (Å²) in [5.74, 6) is -1.37. The maximum Gasteiger partial charge on any atom is 0.279 e. The van der Waals surface area contributed by atoms with Gasteiger partial charge in [-0.25, -0.2) is 0 Å². The first-order valence-corrected chi connectivity index (χ1v) is 3.01. The van der Waals surface area contributed by atoms with Gasteiger partial charge in [0.25, 0.3) is 5.97 Å². The van der Waals surface area contributed by atoms with Gasteiger partial charge in [0.1, 0.15) is 0 Å². The van der Waals surface area contributed by atoms with Gasteiger partial charge in [-0.1, -0.05) is 6.92 Å². The van der Waals surface area contributed by atoms with Gasteiger partial charge in [0.05, 0.1) is 0 Å². The van der Waals surface area contributed by atoms with E-state index >= 15 is 0 Å². The van der Waals surface area contributed by atoms with E-state index in [9.17, 15) is 5.11 Å². The maximum absolute atomic E-state index is 9.18. The zero-order valence-electron chi connectivity index (χ0n) is 6.18. The van der Waals surface area contributed by atoms with E-state index in [0.29, 0.717) is 6.42 Å². The molecular weight excluding hydrogens is 120 g/mol. The molecule has 0 bridgehead atoms. The van der Waals surface area contributed by atoms with Crippen LogP contribution in [0.15, 0.2) is 0 Å². The minimum Gasteiger partial charge on any atom is -0.343 e. The van der Waals surface area contributed by atoms with Crippen molar-refractivity contribution in [1.29, 1.82) is 0 Å². The summed E-state index contributed by atoms with van der Waals surface area (Å²) < 4.78 is 9.32. The minimum atomic E-state index is -1.37. The Hall–Kier alpha value is -0.120. The molecule has 0 amide bonds. The summed E-state index contributed by atoms with van der Waals surface area (Å²) in [6, 6.07) is 0. The van der Waals surface area contributed by atoms with Gasteiger partial charge < -0.3 is 14.6 Å². The fourth-order valence-corrected chi connectivity index (χ4v) is 0.603.